The van der Waals surface area contributed by atoms with E-state index < -0.39 is 31.5 Å². The predicted octanol–water partition coefficient (Wildman–Crippen LogP) is 3.07. The lowest BCUT2D eigenvalue weighted by atomic mass is 10.2. The number of esters is 1. The third kappa shape index (κ3) is 4.54. The summed E-state index contributed by atoms with van der Waals surface area (Å²) in [5.41, 5.74) is 0.454. The molecule has 0 atom stereocenters. The maximum atomic E-state index is 13.1. The van der Waals surface area contributed by atoms with Gasteiger partial charge in [0.15, 0.2) is 10.7 Å². The Morgan fingerprint density at radius 1 is 1.16 bits per heavy atom. The number of hydrogen-bond donors (Lipinski definition) is 2. The van der Waals surface area contributed by atoms with Gasteiger partial charge in [0.05, 0.1) is 36.1 Å². The molecule has 1 heterocycles. The van der Waals surface area contributed by atoms with E-state index in [0.717, 1.165) is 12.1 Å². The molecule has 3 rings (SSSR count). The van der Waals surface area contributed by atoms with Crippen molar-refractivity contribution in [1.29, 1.82) is 0 Å². The molecule has 0 fully saturated rings. The Labute approximate surface area is 184 Å². The average Bonchev–Trinajstić information content (AvgIpc) is 2.88. The summed E-state index contributed by atoms with van der Waals surface area (Å²) >= 11 is 0. The predicted molar refractivity (Wildman–Crippen MR) is 117 cm³/mol. The molecule has 168 valence electrons. The van der Waals surface area contributed by atoms with E-state index in [4.69, 9.17) is 9.47 Å². The average molecular weight is 460 g/mol. The van der Waals surface area contributed by atoms with E-state index in [1.165, 1.54) is 13.2 Å². The molecule has 0 aromatic heterocycles. The summed E-state index contributed by atoms with van der Waals surface area (Å²) in [6.07, 6.45) is 0. The molecule has 0 radical (unpaired) electrons. The van der Waals surface area contributed by atoms with Crippen molar-refractivity contribution >= 4 is 38.9 Å². The van der Waals surface area contributed by atoms with Crippen LogP contribution in [-0.4, -0.2) is 38.9 Å². The van der Waals surface area contributed by atoms with Crippen LogP contribution in [0.5, 0.6) is 5.75 Å². The van der Waals surface area contributed by atoms with E-state index in [-0.39, 0.29) is 23.8 Å². The second kappa shape index (κ2) is 9.06. The number of benzene rings is 2. The topological polar surface area (TPSA) is 149 Å². The Morgan fingerprint density at radius 2 is 1.81 bits per heavy atom. The van der Waals surface area contributed by atoms with E-state index in [1.807, 2.05) is 0 Å². The van der Waals surface area contributed by atoms with Crippen molar-refractivity contribution in [3.8, 4) is 5.75 Å². The monoisotopic (exact) mass is 460 g/mol. The normalized spacial score (nSPS) is 14.7. The maximum absolute atomic E-state index is 13.1. The molecule has 0 saturated heterocycles. The number of anilines is 2. The number of hydrogen-bond acceptors (Lipinski definition) is 8. The first-order chi connectivity index (χ1) is 15.2. The maximum Gasteiger partial charge on any atom is 0.343 e. The van der Waals surface area contributed by atoms with Crippen molar-refractivity contribution < 1.29 is 27.6 Å². The van der Waals surface area contributed by atoms with E-state index >= 15 is 0 Å². The van der Waals surface area contributed by atoms with Crippen molar-refractivity contribution in [2.24, 2.45) is 4.40 Å². The van der Waals surface area contributed by atoms with Crippen LogP contribution in [0.15, 0.2) is 63.0 Å². The van der Waals surface area contributed by atoms with Crippen LogP contribution < -0.4 is 15.4 Å². The zero-order valence-electron chi connectivity index (χ0n) is 17.4. The Balaban J connectivity index is 2.22. The van der Waals surface area contributed by atoms with Crippen LogP contribution >= 0.6 is 0 Å². The Hall–Kier alpha value is -3.93. The molecule has 0 bridgehead atoms. The van der Waals surface area contributed by atoms with Gasteiger partial charge in [-0.3, -0.25) is 10.1 Å². The van der Waals surface area contributed by atoms with E-state index in [2.05, 4.69) is 15.0 Å². The van der Waals surface area contributed by atoms with Gasteiger partial charge in [0, 0.05) is 5.70 Å². The molecule has 1 aliphatic heterocycles. The highest BCUT2D eigenvalue weighted by atomic mass is 32.2. The molecule has 2 aromatic rings. The Bertz CT molecular complexity index is 1250. The van der Waals surface area contributed by atoms with Crippen LogP contribution in [-0.2, 0) is 19.6 Å². The van der Waals surface area contributed by atoms with Crippen molar-refractivity contribution in [3.63, 3.8) is 0 Å². The Kier molecular flexibility index (Phi) is 6.44. The third-order valence-corrected chi connectivity index (χ3v) is 5.77. The quantitative estimate of drug-likeness (QED) is 0.377. The summed E-state index contributed by atoms with van der Waals surface area (Å²) in [6.45, 7) is 3.22. The number of sulfonamides is 1. The zero-order chi connectivity index (χ0) is 23.5. The number of nitrogens with one attached hydrogen (secondary N) is 2. The molecule has 2 aromatic carbocycles. The minimum Gasteiger partial charge on any atom is -0.497 e. The molecule has 0 saturated carbocycles. The molecule has 32 heavy (non-hydrogen) atoms. The van der Waals surface area contributed by atoms with E-state index in [0.29, 0.717) is 17.1 Å². The van der Waals surface area contributed by atoms with Gasteiger partial charge in [0.1, 0.15) is 11.3 Å². The number of amidine groups is 1. The summed E-state index contributed by atoms with van der Waals surface area (Å²) in [6, 6.07) is 10.1. The molecule has 12 heteroatoms. The fourth-order valence-corrected chi connectivity index (χ4v) is 4.12. The number of para-hydroxylation sites is 2. The van der Waals surface area contributed by atoms with E-state index in [9.17, 15) is 23.3 Å². The molecule has 0 amide bonds. The van der Waals surface area contributed by atoms with Crippen LogP contribution in [0.1, 0.15) is 13.8 Å². The number of rotatable bonds is 6. The molecule has 1 aliphatic rings. The van der Waals surface area contributed by atoms with Crippen molar-refractivity contribution in [2.45, 2.75) is 18.7 Å². The van der Waals surface area contributed by atoms with Gasteiger partial charge in [-0.2, -0.15) is 8.42 Å². The minimum absolute atomic E-state index is 0.0482. The van der Waals surface area contributed by atoms with Gasteiger partial charge in [0.2, 0.25) is 0 Å². The van der Waals surface area contributed by atoms with Crippen LogP contribution in [0, 0.1) is 10.1 Å². The summed E-state index contributed by atoms with van der Waals surface area (Å²) in [5.74, 6) is -1.03. The summed E-state index contributed by atoms with van der Waals surface area (Å²) in [5, 5.41) is 17.3. The van der Waals surface area contributed by atoms with E-state index in [1.54, 1.807) is 38.1 Å². The fraction of sp³-hybridized carbons (Fsp3) is 0.200. The highest BCUT2D eigenvalue weighted by molar-refractivity contribution is 7.90. The van der Waals surface area contributed by atoms with Crippen LogP contribution in [0.4, 0.5) is 17.1 Å². The Morgan fingerprint density at radius 3 is 2.41 bits per heavy atom. The largest absolute Gasteiger partial charge is 0.497 e. The van der Waals surface area contributed by atoms with Crippen LogP contribution in [0.25, 0.3) is 0 Å². The third-order valence-electron chi connectivity index (χ3n) is 4.45. The number of ether oxygens (including phenoxy) is 2. The SMILES string of the molecule is CCOC(=O)C1=C(C)Nc2ccccc2N/C1=N/S(=O)(=O)c1ccc(OC)cc1[N+](=O)[O-]. The molecular weight excluding hydrogens is 440 g/mol. The molecule has 0 spiro atoms. The second-order valence-corrected chi connectivity index (χ2v) is 8.09. The number of fused-ring (bicyclic) bond motifs is 1. The number of carbonyl (C=O) groups excluding carboxylic acids is 1. The first-order valence-electron chi connectivity index (χ1n) is 9.36. The van der Waals surface area contributed by atoms with Gasteiger partial charge in [-0.05, 0) is 38.1 Å². The number of nitro benzene ring substituents is 1. The van der Waals surface area contributed by atoms with Crippen LogP contribution in [0.3, 0.4) is 0 Å². The molecule has 0 unspecified atom stereocenters. The smallest absolute Gasteiger partial charge is 0.343 e. The van der Waals surface area contributed by atoms with Gasteiger partial charge < -0.3 is 20.1 Å². The highest BCUT2D eigenvalue weighted by Crippen LogP contribution is 2.32. The van der Waals surface area contributed by atoms with Gasteiger partial charge in [-0.25, -0.2) is 4.79 Å². The first-order valence-corrected chi connectivity index (χ1v) is 10.8. The molecule has 2 N–H and O–H groups in total. The van der Waals surface area contributed by atoms with Crippen molar-refractivity contribution in [1.82, 2.24) is 0 Å². The highest BCUT2D eigenvalue weighted by Gasteiger charge is 2.31. The summed E-state index contributed by atoms with van der Waals surface area (Å²) < 4.78 is 40.0. The standard InChI is InChI=1S/C20H20N4O7S/c1-4-31-20(25)18-12(2)21-14-7-5-6-8-15(14)22-19(18)23-32(28,29)17-10-9-13(30-3)11-16(17)24(26)27/h5-11,21H,4H2,1-3H3,(H,22,23). The van der Waals surface area contributed by atoms with Gasteiger partial charge in [-0.1, -0.05) is 12.1 Å². The first kappa shape index (κ1) is 22.7. The van der Waals surface area contributed by atoms with Crippen LogP contribution in [0.2, 0.25) is 0 Å². The van der Waals surface area contributed by atoms with Gasteiger partial charge >= 0.3 is 5.97 Å². The molecular formula is C20H20N4O7S. The second-order valence-electron chi connectivity index (χ2n) is 6.52. The van der Waals surface area contributed by atoms with Crippen molar-refractivity contribution in [3.05, 3.63) is 63.8 Å². The summed E-state index contributed by atoms with van der Waals surface area (Å²) in [4.78, 5) is 22.6. The lowest BCUT2D eigenvalue weighted by Gasteiger charge is -2.12. The molecule has 0 aliphatic carbocycles. The number of allylic oxidation sites excluding steroid dienone is 1. The lowest BCUT2D eigenvalue weighted by molar-refractivity contribution is -0.387. The number of methoxy groups -OCH3 is 1. The number of nitro groups is 1. The zero-order valence-corrected chi connectivity index (χ0v) is 18.2. The molecule has 11 nitrogen and oxygen atoms in total. The minimum atomic E-state index is -4.63. The number of nitrogens with zero attached hydrogens (tertiary/aromatic N) is 2. The van der Waals surface area contributed by atoms with Gasteiger partial charge in [-0.15, -0.1) is 4.40 Å². The lowest BCUT2D eigenvalue weighted by Crippen LogP contribution is -2.25. The van der Waals surface area contributed by atoms with Crippen molar-refractivity contribution in [2.75, 3.05) is 24.4 Å². The fourth-order valence-electron chi connectivity index (χ4n) is 3.01. The summed E-state index contributed by atoms with van der Waals surface area (Å²) in [7, 11) is -3.33. The number of carbonyl (C=O) groups is 1. The van der Waals surface area contributed by atoms with Gasteiger partial charge in [0.25, 0.3) is 15.7 Å².